The van der Waals surface area contributed by atoms with Crippen molar-refractivity contribution in [2.45, 2.75) is 17.9 Å². The second kappa shape index (κ2) is 13.1. The van der Waals surface area contributed by atoms with Crippen LogP contribution in [0.25, 0.3) is 0 Å². The number of thiophene rings is 1. The van der Waals surface area contributed by atoms with Crippen molar-refractivity contribution in [1.29, 1.82) is 0 Å². The van der Waals surface area contributed by atoms with Crippen LogP contribution >= 0.6 is 11.3 Å². The Labute approximate surface area is 200 Å². The molecule has 12 nitrogen and oxygen atoms in total. The minimum atomic E-state index is -3.84. The highest BCUT2D eigenvalue weighted by Crippen LogP contribution is 2.24. The highest BCUT2D eigenvalue weighted by molar-refractivity contribution is 7.89. The molecule has 0 unspecified atom stereocenters. The summed E-state index contributed by atoms with van der Waals surface area (Å²) in [4.78, 5) is 31.8. The Hall–Kier alpha value is -2.91. The van der Waals surface area contributed by atoms with E-state index >= 15 is 0 Å². The number of nitro groups is 1. The molecule has 0 aliphatic carbocycles. The molecule has 3 rings (SSSR count). The predicted octanol–water partition coefficient (Wildman–Crippen LogP) is 1.73. The summed E-state index contributed by atoms with van der Waals surface area (Å²) in [6.45, 7) is 4.49. The molecule has 2 heterocycles. The van der Waals surface area contributed by atoms with Gasteiger partial charge in [0.1, 0.15) is 0 Å². The van der Waals surface area contributed by atoms with E-state index in [0.29, 0.717) is 26.2 Å². The zero-order valence-corrected chi connectivity index (χ0v) is 19.7. The van der Waals surface area contributed by atoms with Gasteiger partial charge in [-0.25, -0.2) is 18.0 Å². The lowest BCUT2D eigenvalue weighted by molar-refractivity contribution is -0.385. The molecule has 1 aliphatic rings. The van der Waals surface area contributed by atoms with Gasteiger partial charge in [0.05, 0.1) is 23.0 Å². The van der Waals surface area contributed by atoms with Crippen LogP contribution in [0.1, 0.15) is 11.3 Å². The van der Waals surface area contributed by atoms with Gasteiger partial charge in [-0.2, -0.15) is 4.31 Å². The quantitative estimate of drug-likeness (QED) is 0.285. The standard InChI is InChI=1S/C18H23N3O5S2.C2H2O4/c22-21(23)16-4-1-6-18(14-16)28(24,25)20(15-17-5-2-13-27-17)8-3-7-19-9-11-26-12-10-19;3-1(4)2(5)6/h1-2,4-6,13-14H,3,7-12,15H2;(H,3,4)(H,5,6). The molecule has 0 radical (unpaired) electrons. The van der Waals surface area contributed by atoms with Crippen LogP contribution in [0, 0.1) is 10.1 Å². The molecule has 0 amide bonds. The van der Waals surface area contributed by atoms with Crippen LogP contribution in [-0.2, 0) is 30.9 Å². The third-order valence-electron chi connectivity index (χ3n) is 4.75. The second-order valence-corrected chi connectivity index (χ2v) is 10.1. The first-order valence-electron chi connectivity index (χ1n) is 10.1. The van der Waals surface area contributed by atoms with E-state index in [4.69, 9.17) is 24.5 Å². The summed E-state index contributed by atoms with van der Waals surface area (Å²) in [6.07, 6.45) is 0.680. The number of sulfonamides is 1. The number of nitrogens with zero attached hydrogens (tertiary/aromatic N) is 3. The van der Waals surface area contributed by atoms with Crippen LogP contribution in [-0.4, -0.2) is 84.1 Å². The lowest BCUT2D eigenvalue weighted by Crippen LogP contribution is -2.39. The maximum absolute atomic E-state index is 13.2. The molecule has 1 aromatic heterocycles. The van der Waals surface area contributed by atoms with Crippen LogP contribution in [0.2, 0.25) is 0 Å². The van der Waals surface area contributed by atoms with Gasteiger partial charge in [-0.1, -0.05) is 12.1 Å². The lowest BCUT2D eigenvalue weighted by Gasteiger charge is -2.28. The molecular formula is C20H25N3O9S2. The number of ether oxygens (including phenoxy) is 1. The van der Waals surface area contributed by atoms with E-state index in [-0.39, 0.29) is 17.1 Å². The third-order valence-corrected chi connectivity index (χ3v) is 7.45. The SMILES string of the molecule is O=C(O)C(=O)O.O=[N+]([O-])c1cccc(S(=O)(=O)N(CCCN2CCOCC2)Cc2cccs2)c1. The fraction of sp³-hybridized carbons (Fsp3) is 0.400. The predicted molar refractivity (Wildman–Crippen MR) is 122 cm³/mol. The van der Waals surface area contributed by atoms with Crippen molar-refractivity contribution in [2.75, 3.05) is 39.4 Å². The Morgan fingerprint density at radius 3 is 2.38 bits per heavy atom. The number of hydrogen-bond donors (Lipinski definition) is 2. The van der Waals surface area contributed by atoms with E-state index in [1.807, 2.05) is 17.5 Å². The van der Waals surface area contributed by atoms with E-state index in [9.17, 15) is 18.5 Å². The molecule has 1 fully saturated rings. The Morgan fingerprint density at radius 1 is 1.15 bits per heavy atom. The molecule has 34 heavy (non-hydrogen) atoms. The van der Waals surface area contributed by atoms with Crippen molar-refractivity contribution >= 4 is 39.0 Å². The summed E-state index contributed by atoms with van der Waals surface area (Å²) >= 11 is 1.49. The van der Waals surface area contributed by atoms with Crippen LogP contribution in [0.15, 0.2) is 46.7 Å². The minimum Gasteiger partial charge on any atom is -0.473 e. The summed E-state index contributed by atoms with van der Waals surface area (Å²) in [7, 11) is -3.84. The number of carboxylic acid groups (broad SMARTS) is 2. The van der Waals surface area contributed by atoms with Gasteiger partial charge in [0.15, 0.2) is 0 Å². The minimum absolute atomic E-state index is 0.0513. The number of hydrogen-bond acceptors (Lipinski definition) is 9. The smallest absolute Gasteiger partial charge is 0.414 e. The second-order valence-electron chi connectivity index (χ2n) is 7.09. The van der Waals surface area contributed by atoms with Crippen molar-refractivity contribution in [3.63, 3.8) is 0 Å². The van der Waals surface area contributed by atoms with Gasteiger partial charge in [-0.3, -0.25) is 15.0 Å². The first-order chi connectivity index (χ1) is 16.1. The van der Waals surface area contributed by atoms with E-state index < -0.39 is 26.9 Å². The fourth-order valence-electron chi connectivity index (χ4n) is 3.06. The number of aliphatic carboxylic acids is 2. The Kier molecular flexibility index (Phi) is 10.5. The molecule has 0 saturated carbocycles. The van der Waals surface area contributed by atoms with Gasteiger partial charge < -0.3 is 14.9 Å². The number of rotatable bonds is 9. The van der Waals surface area contributed by atoms with Gasteiger partial charge in [0.25, 0.3) is 5.69 Å². The summed E-state index contributed by atoms with van der Waals surface area (Å²) < 4.78 is 33.1. The van der Waals surface area contributed by atoms with E-state index in [1.165, 1.54) is 33.8 Å². The van der Waals surface area contributed by atoms with Crippen molar-refractivity contribution in [3.05, 3.63) is 56.8 Å². The zero-order chi connectivity index (χ0) is 25.1. The number of non-ortho nitro benzene ring substituents is 1. The molecular weight excluding hydrogens is 490 g/mol. The number of benzene rings is 1. The topological polar surface area (TPSA) is 168 Å². The normalized spacial score (nSPS) is 14.3. The van der Waals surface area contributed by atoms with E-state index in [1.54, 1.807) is 0 Å². The summed E-state index contributed by atoms with van der Waals surface area (Å²) in [5.74, 6) is -3.65. The van der Waals surface area contributed by atoms with E-state index in [0.717, 1.165) is 30.6 Å². The van der Waals surface area contributed by atoms with Gasteiger partial charge in [0.2, 0.25) is 10.0 Å². The molecule has 14 heteroatoms. The molecule has 0 atom stereocenters. The maximum atomic E-state index is 13.2. The Bertz CT molecular complexity index is 1060. The largest absolute Gasteiger partial charge is 0.473 e. The molecule has 186 valence electrons. The molecule has 1 aliphatic heterocycles. The Balaban J connectivity index is 0.000000604. The molecule has 1 saturated heterocycles. The van der Waals surface area contributed by atoms with Gasteiger partial charge in [-0.15, -0.1) is 11.3 Å². The molecule has 1 aromatic carbocycles. The Morgan fingerprint density at radius 2 is 1.82 bits per heavy atom. The number of morpholine rings is 1. The highest BCUT2D eigenvalue weighted by atomic mass is 32.2. The number of carboxylic acids is 2. The van der Waals surface area contributed by atoms with Crippen LogP contribution < -0.4 is 0 Å². The van der Waals surface area contributed by atoms with Crippen LogP contribution in [0.3, 0.4) is 0 Å². The van der Waals surface area contributed by atoms with Crippen molar-refractivity contribution in [3.8, 4) is 0 Å². The average Bonchev–Trinajstić information content (AvgIpc) is 3.33. The first-order valence-corrected chi connectivity index (χ1v) is 12.5. The number of nitro benzene ring substituents is 1. The van der Waals surface area contributed by atoms with Crippen LogP contribution in [0.4, 0.5) is 5.69 Å². The molecule has 2 aromatic rings. The number of carbonyl (C=O) groups is 2. The van der Waals surface area contributed by atoms with Gasteiger partial charge >= 0.3 is 11.9 Å². The molecule has 0 spiro atoms. The zero-order valence-electron chi connectivity index (χ0n) is 18.1. The average molecular weight is 516 g/mol. The van der Waals surface area contributed by atoms with E-state index in [2.05, 4.69) is 4.90 Å². The van der Waals surface area contributed by atoms with Crippen molar-refractivity contribution in [1.82, 2.24) is 9.21 Å². The third kappa shape index (κ3) is 8.46. The first kappa shape index (κ1) is 27.3. The monoisotopic (exact) mass is 515 g/mol. The van der Waals surface area contributed by atoms with Crippen molar-refractivity contribution in [2.24, 2.45) is 0 Å². The maximum Gasteiger partial charge on any atom is 0.414 e. The van der Waals surface area contributed by atoms with Crippen molar-refractivity contribution < 1.29 is 37.9 Å². The van der Waals surface area contributed by atoms with Gasteiger partial charge in [0, 0.05) is 43.2 Å². The lowest BCUT2D eigenvalue weighted by atomic mass is 10.3. The van der Waals surface area contributed by atoms with Gasteiger partial charge in [-0.05, 0) is 30.5 Å². The highest BCUT2D eigenvalue weighted by Gasteiger charge is 2.26. The van der Waals surface area contributed by atoms with Crippen LogP contribution in [0.5, 0.6) is 0 Å². The summed E-state index contributed by atoms with van der Waals surface area (Å²) in [5.41, 5.74) is -0.231. The summed E-state index contributed by atoms with van der Waals surface area (Å²) in [5, 5.41) is 27.7. The molecule has 2 N–H and O–H groups in total. The molecule has 0 bridgehead atoms. The summed E-state index contributed by atoms with van der Waals surface area (Å²) in [6, 6.07) is 9.00. The fourth-order valence-corrected chi connectivity index (χ4v) is 5.36.